The van der Waals surface area contributed by atoms with Gasteiger partial charge in [-0.1, -0.05) is 6.92 Å². The summed E-state index contributed by atoms with van der Waals surface area (Å²) in [5.41, 5.74) is 0. The van der Waals surface area contributed by atoms with Crippen LogP contribution in [0.4, 0.5) is 0 Å². The largest absolute Gasteiger partial charge is 0.504 e. The Morgan fingerprint density at radius 2 is 1.47 bits per heavy atom. The summed E-state index contributed by atoms with van der Waals surface area (Å²) in [5, 5.41) is 12.3. The molecule has 0 bridgehead atoms. The molecule has 2 aromatic carbocycles. The van der Waals surface area contributed by atoms with Crippen molar-refractivity contribution in [3.05, 3.63) is 33.2 Å². The highest BCUT2D eigenvalue weighted by Crippen LogP contribution is 2.40. The van der Waals surface area contributed by atoms with Crippen LogP contribution in [0.25, 0.3) is 10.8 Å². The number of benzene rings is 2. The van der Waals surface area contributed by atoms with Crippen LogP contribution in [0.2, 0.25) is 0 Å². The fraction of sp³-hybridized carbons (Fsp3) is 0.458. The summed E-state index contributed by atoms with van der Waals surface area (Å²) in [5.74, 6) is -2.18. The van der Waals surface area contributed by atoms with E-state index in [1.165, 1.54) is 20.8 Å². The van der Waals surface area contributed by atoms with Crippen LogP contribution in [0, 0.1) is 11.8 Å². The highest BCUT2D eigenvalue weighted by Gasteiger charge is 2.48. The molecule has 34 heavy (non-hydrogen) atoms. The lowest BCUT2D eigenvalue weighted by Crippen LogP contribution is -2.54. The average Bonchev–Trinajstić information content (AvgIpc) is 2.73. The van der Waals surface area contributed by atoms with Gasteiger partial charge in [0.15, 0.2) is 11.5 Å². The van der Waals surface area contributed by atoms with Gasteiger partial charge in [-0.05, 0) is 73.3 Å². The first-order valence-electron chi connectivity index (χ1n) is 10.7. The summed E-state index contributed by atoms with van der Waals surface area (Å²) in [4.78, 5) is 35.1. The van der Waals surface area contributed by atoms with E-state index in [9.17, 15) is 19.5 Å². The molecule has 0 spiro atoms. The van der Waals surface area contributed by atoms with Gasteiger partial charge < -0.3 is 24.1 Å². The number of phenolic OH excluding ortho intramolecular Hbond substituents is 1. The highest BCUT2D eigenvalue weighted by atomic mass is 79.9. The molecule has 0 radical (unpaired) electrons. The molecule has 0 aromatic heterocycles. The first-order chi connectivity index (χ1) is 16.0. The fourth-order valence-electron chi connectivity index (χ4n) is 4.31. The second-order valence-electron chi connectivity index (χ2n) is 8.40. The third kappa shape index (κ3) is 6.21. The quantitative estimate of drug-likeness (QED) is 0.368. The van der Waals surface area contributed by atoms with Crippen LogP contribution in [0.15, 0.2) is 33.2 Å². The summed E-state index contributed by atoms with van der Waals surface area (Å²) in [6.45, 7) is 5.68. The van der Waals surface area contributed by atoms with E-state index in [4.69, 9.17) is 18.9 Å². The molecule has 8 nitrogen and oxygen atoms in total. The van der Waals surface area contributed by atoms with Crippen LogP contribution in [-0.4, -0.2) is 47.9 Å². The van der Waals surface area contributed by atoms with Gasteiger partial charge in [0.2, 0.25) is 0 Å². The van der Waals surface area contributed by atoms with Crippen molar-refractivity contribution in [2.24, 2.45) is 11.8 Å². The van der Waals surface area contributed by atoms with Crippen molar-refractivity contribution >= 4 is 60.5 Å². The Bertz CT molecular complexity index is 1100. The predicted octanol–water partition coefficient (Wildman–Crippen LogP) is 4.90. The zero-order valence-electron chi connectivity index (χ0n) is 19.2. The molecular weight excluding hydrogens is 576 g/mol. The topological polar surface area (TPSA) is 108 Å². The second-order valence-corrected chi connectivity index (χ2v) is 10.1. The van der Waals surface area contributed by atoms with E-state index in [0.717, 1.165) is 19.7 Å². The van der Waals surface area contributed by atoms with Gasteiger partial charge in [-0.3, -0.25) is 14.4 Å². The van der Waals surface area contributed by atoms with Gasteiger partial charge in [-0.2, -0.15) is 0 Å². The first kappa shape index (κ1) is 26.3. The van der Waals surface area contributed by atoms with E-state index < -0.39 is 48.1 Å². The van der Waals surface area contributed by atoms with Crippen molar-refractivity contribution < 1.29 is 38.4 Å². The highest BCUT2D eigenvalue weighted by molar-refractivity contribution is 9.13. The van der Waals surface area contributed by atoms with Crippen molar-refractivity contribution in [1.29, 1.82) is 0 Å². The zero-order valence-corrected chi connectivity index (χ0v) is 22.3. The van der Waals surface area contributed by atoms with E-state index in [1.54, 1.807) is 19.1 Å². The molecule has 0 saturated heterocycles. The maximum Gasteiger partial charge on any atom is 0.303 e. The number of carbonyl (C=O) groups is 3. The molecule has 1 saturated carbocycles. The van der Waals surface area contributed by atoms with E-state index in [1.807, 2.05) is 12.1 Å². The van der Waals surface area contributed by atoms with Gasteiger partial charge in [-0.25, -0.2) is 0 Å². The molecule has 0 aliphatic heterocycles. The SMILES string of the molecule is CC(=O)OCC1CC(Oc2cc3cc(Br)c(Br)cc3cc2O)C(OC(C)=O)C(C)C1OC(C)=O. The number of esters is 3. The Labute approximate surface area is 214 Å². The van der Waals surface area contributed by atoms with E-state index in [0.29, 0.717) is 0 Å². The lowest BCUT2D eigenvalue weighted by atomic mass is 9.76. The molecule has 0 amide bonds. The Kier molecular flexibility index (Phi) is 8.46. The molecule has 5 unspecified atom stereocenters. The molecule has 1 aliphatic rings. The number of phenols is 1. The number of hydrogen-bond acceptors (Lipinski definition) is 8. The van der Waals surface area contributed by atoms with Gasteiger partial charge in [0, 0.05) is 41.6 Å². The molecule has 5 atom stereocenters. The minimum Gasteiger partial charge on any atom is -0.504 e. The monoisotopic (exact) mass is 600 g/mol. The Morgan fingerprint density at radius 3 is 2.03 bits per heavy atom. The summed E-state index contributed by atoms with van der Waals surface area (Å²) < 4.78 is 24.2. The first-order valence-corrected chi connectivity index (χ1v) is 12.3. The Hall–Kier alpha value is -2.33. The van der Waals surface area contributed by atoms with Gasteiger partial charge in [0.25, 0.3) is 0 Å². The molecule has 1 fully saturated rings. The minimum atomic E-state index is -0.762. The number of hydrogen-bond donors (Lipinski definition) is 1. The van der Waals surface area contributed by atoms with Crippen LogP contribution < -0.4 is 4.74 Å². The van der Waals surface area contributed by atoms with Gasteiger partial charge in [0.1, 0.15) is 18.3 Å². The number of fused-ring (bicyclic) bond motifs is 1. The van der Waals surface area contributed by atoms with Crippen molar-refractivity contribution in [2.75, 3.05) is 6.61 Å². The Balaban J connectivity index is 1.96. The van der Waals surface area contributed by atoms with Crippen molar-refractivity contribution in [1.82, 2.24) is 0 Å². The fourth-order valence-corrected chi connectivity index (χ4v) is 5.03. The van der Waals surface area contributed by atoms with Crippen molar-refractivity contribution in [3.63, 3.8) is 0 Å². The number of ether oxygens (including phenoxy) is 4. The normalized spacial score (nSPS) is 24.4. The lowest BCUT2D eigenvalue weighted by molar-refractivity contribution is -0.185. The molecule has 10 heteroatoms. The minimum absolute atomic E-state index is 0.00888. The molecule has 3 rings (SSSR count). The lowest BCUT2D eigenvalue weighted by Gasteiger charge is -2.44. The predicted molar refractivity (Wildman–Crippen MR) is 130 cm³/mol. The van der Waals surface area contributed by atoms with Crippen LogP contribution in [0.3, 0.4) is 0 Å². The van der Waals surface area contributed by atoms with E-state index >= 15 is 0 Å². The molecule has 184 valence electrons. The standard InChI is InChI=1S/C24H26Br2O8/c1-11-23(32-13(3)28)17(10-31-12(2)27)9-22(24(11)33-14(4)29)34-21-8-16-6-19(26)18(25)5-15(16)7-20(21)30/h5-8,11,17,22-24,30H,9-10H2,1-4H3. The summed E-state index contributed by atoms with van der Waals surface area (Å²) >= 11 is 6.93. The third-order valence-electron chi connectivity index (χ3n) is 5.74. The van der Waals surface area contributed by atoms with Crippen molar-refractivity contribution in [3.8, 4) is 11.5 Å². The van der Waals surface area contributed by atoms with Gasteiger partial charge in [0.05, 0.1) is 6.61 Å². The molecule has 1 N–H and O–H groups in total. The molecular formula is C24H26Br2O8. The van der Waals surface area contributed by atoms with Gasteiger partial charge >= 0.3 is 17.9 Å². The smallest absolute Gasteiger partial charge is 0.303 e. The number of halogens is 2. The molecule has 2 aromatic rings. The number of aromatic hydroxyl groups is 1. The zero-order chi connectivity index (χ0) is 25.2. The summed E-state index contributed by atoms with van der Waals surface area (Å²) in [6.07, 6.45) is -1.84. The van der Waals surface area contributed by atoms with Crippen LogP contribution in [-0.2, 0) is 28.6 Å². The van der Waals surface area contributed by atoms with E-state index in [-0.39, 0.29) is 24.5 Å². The van der Waals surface area contributed by atoms with Crippen LogP contribution in [0.5, 0.6) is 11.5 Å². The number of rotatable bonds is 6. The molecule has 1 aliphatic carbocycles. The van der Waals surface area contributed by atoms with Crippen LogP contribution >= 0.6 is 31.9 Å². The average molecular weight is 602 g/mol. The van der Waals surface area contributed by atoms with Gasteiger partial charge in [-0.15, -0.1) is 0 Å². The maximum atomic E-state index is 11.9. The third-order valence-corrected chi connectivity index (χ3v) is 7.59. The molecule has 0 heterocycles. The number of carbonyl (C=O) groups excluding carboxylic acids is 3. The Morgan fingerprint density at radius 1 is 0.912 bits per heavy atom. The second kappa shape index (κ2) is 10.9. The maximum absolute atomic E-state index is 11.9. The summed E-state index contributed by atoms with van der Waals surface area (Å²) in [7, 11) is 0. The van der Waals surface area contributed by atoms with Crippen molar-refractivity contribution in [2.45, 2.75) is 52.4 Å². The van der Waals surface area contributed by atoms with Crippen LogP contribution in [0.1, 0.15) is 34.1 Å². The van der Waals surface area contributed by atoms with E-state index in [2.05, 4.69) is 31.9 Å². The summed E-state index contributed by atoms with van der Waals surface area (Å²) in [6, 6.07) is 7.05.